The topological polar surface area (TPSA) is 60.0 Å². The van der Waals surface area contributed by atoms with Gasteiger partial charge in [-0.3, -0.25) is 9.69 Å². The molecule has 0 radical (unpaired) electrons. The summed E-state index contributed by atoms with van der Waals surface area (Å²) in [5.74, 6) is 1.09. The molecule has 1 N–H and O–H groups in total. The first-order chi connectivity index (χ1) is 13.9. The highest BCUT2D eigenvalue weighted by atomic mass is 16.5. The molecule has 0 unspecified atom stereocenters. The molecule has 0 aliphatic carbocycles. The van der Waals surface area contributed by atoms with Crippen LogP contribution in [-0.4, -0.2) is 62.5 Å². The van der Waals surface area contributed by atoms with Gasteiger partial charge < -0.3 is 19.5 Å². The van der Waals surface area contributed by atoms with Gasteiger partial charge >= 0.3 is 0 Å². The van der Waals surface area contributed by atoms with Gasteiger partial charge in [-0.2, -0.15) is 0 Å². The van der Waals surface area contributed by atoms with Crippen molar-refractivity contribution < 1.29 is 19.0 Å². The molecule has 1 aliphatic rings. The van der Waals surface area contributed by atoms with Crippen LogP contribution in [0.3, 0.4) is 0 Å². The average molecular weight is 407 g/mol. The molecule has 0 saturated carbocycles. The Labute approximate surface area is 175 Å². The number of amides is 1. The summed E-state index contributed by atoms with van der Waals surface area (Å²) >= 11 is 0. The van der Waals surface area contributed by atoms with Gasteiger partial charge in [0, 0.05) is 31.9 Å². The van der Waals surface area contributed by atoms with Gasteiger partial charge in [-0.15, -0.1) is 0 Å². The van der Waals surface area contributed by atoms with Gasteiger partial charge in [0.2, 0.25) is 0 Å². The molecule has 1 heterocycles. The van der Waals surface area contributed by atoms with Crippen molar-refractivity contribution in [3.8, 4) is 5.75 Å². The average Bonchev–Trinajstić information content (AvgIpc) is 2.71. The Bertz CT molecular complexity index is 599. The smallest absolute Gasteiger partial charge is 0.256 e. The molecule has 0 bridgehead atoms. The van der Waals surface area contributed by atoms with Gasteiger partial charge in [0.15, 0.2) is 0 Å². The molecular weight excluding hydrogens is 368 g/mol. The van der Waals surface area contributed by atoms with Gasteiger partial charge in [-0.05, 0) is 56.4 Å². The lowest BCUT2D eigenvalue weighted by Crippen LogP contribution is -2.44. The maximum Gasteiger partial charge on any atom is 0.256 e. The van der Waals surface area contributed by atoms with Gasteiger partial charge in [-0.25, -0.2) is 0 Å². The van der Waals surface area contributed by atoms with Crippen LogP contribution in [0.15, 0.2) is 24.3 Å². The van der Waals surface area contributed by atoms with E-state index in [1.807, 2.05) is 38.1 Å². The molecule has 1 aromatic rings. The Balaban J connectivity index is 1.79. The maximum absolute atomic E-state index is 12.8. The second-order valence-electron chi connectivity index (χ2n) is 8.31. The second kappa shape index (κ2) is 12.2. The Morgan fingerprint density at radius 3 is 2.52 bits per heavy atom. The zero-order valence-electron chi connectivity index (χ0n) is 18.5. The van der Waals surface area contributed by atoms with E-state index in [0.29, 0.717) is 25.6 Å². The first kappa shape index (κ1) is 23.6. The van der Waals surface area contributed by atoms with Gasteiger partial charge in [0.05, 0.1) is 19.8 Å². The van der Waals surface area contributed by atoms with E-state index in [1.165, 1.54) is 0 Å². The minimum Gasteiger partial charge on any atom is -0.494 e. The lowest BCUT2D eigenvalue weighted by Gasteiger charge is -2.30. The summed E-state index contributed by atoms with van der Waals surface area (Å²) in [5, 5.41) is 3.00. The normalized spacial score (nSPS) is 17.1. The minimum absolute atomic E-state index is 0.0983. The summed E-state index contributed by atoms with van der Waals surface area (Å²) in [6.45, 7) is 14.1. The third-order valence-corrected chi connectivity index (χ3v) is 5.01. The molecule has 1 aliphatic heterocycles. The number of morpholine rings is 1. The lowest BCUT2D eigenvalue weighted by atomic mass is 9.93. The molecular formula is C23H38N2O4. The van der Waals surface area contributed by atoms with Crippen molar-refractivity contribution in [3.63, 3.8) is 0 Å². The molecule has 6 heteroatoms. The zero-order chi connectivity index (χ0) is 21.1. The van der Waals surface area contributed by atoms with Crippen LogP contribution in [0.5, 0.6) is 5.75 Å². The highest BCUT2D eigenvalue weighted by molar-refractivity contribution is 5.97. The van der Waals surface area contributed by atoms with Crippen molar-refractivity contribution in [1.82, 2.24) is 4.90 Å². The van der Waals surface area contributed by atoms with Crippen molar-refractivity contribution in [2.45, 2.75) is 52.6 Å². The summed E-state index contributed by atoms with van der Waals surface area (Å²) < 4.78 is 17.1. The predicted octanol–water partition coefficient (Wildman–Crippen LogP) is 3.96. The maximum atomic E-state index is 12.8. The highest BCUT2D eigenvalue weighted by Crippen LogP contribution is 2.24. The molecule has 2 rings (SSSR count). The molecule has 164 valence electrons. The van der Waals surface area contributed by atoms with Crippen LogP contribution in [0.2, 0.25) is 0 Å². The molecule has 1 saturated heterocycles. The minimum atomic E-state index is -0.821. The number of carbonyl (C=O) groups is 1. The summed E-state index contributed by atoms with van der Waals surface area (Å²) in [4.78, 5) is 15.2. The lowest BCUT2D eigenvalue weighted by molar-refractivity contribution is -0.141. The summed E-state index contributed by atoms with van der Waals surface area (Å²) in [7, 11) is 0. The van der Waals surface area contributed by atoms with Crippen molar-refractivity contribution in [2.75, 3.05) is 51.4 Å². The Kier molecular flexibility index (Phi) is 9.91. The number of anilines is 1. The first-order valence-electron chi connectivity index (χ1n) is 10.9. The number of hydrogen-bond donors (Lipinski definition) is 1. The van der Waals surface area contributed by atoms with Crippen LogP contribution in [-0.2, 0) is 14.3 Å². The molecule has 0 spiro atoms. The van der Waals surface area contributed by atoms with Crippen LogP contribution in [0.25, 0.3) is 0 Å². The van der Waals surface area contributed by atoms with Gasteiger partial charge in [0.25, 0.3) is 5.91 Å². The fraction of sp³-hybridized carbons (Fsp3) is 0.696. The Hall–Kier alpha value is -1.63. The third-order valence-electron chi connectivity index (χ3n) is 5.01. The van der Waals surface area contributed by atoms with Crippen LogP contribution >= 0.6 is 0 Å². The number of hydrogen-bond acceptors (Lipinski definition) is 5. The number of carbonyl (C=O) groups excluding carboxylic acids is 1. The Morgan fingerprint density at radius 1 is 1.21 bits per heavy atom. The van der Waals surface area contributed by atoms with Crippen molar-refractivity contribution in [2.24, 2.45) is 5.92 Å². The summed E-state index contributed by atoms with van der Waals surface area (Å²) in [5.41, 5.74) is -0.0653. The second-order valence-corrected chi connectivity index (χ2v) is 8.31. The number of rotatable bonds is 12. The molecule has 0 aromatic heterocycles. The van der Waals surface area contributed by atoms with Crippen LogP contribution < -0.4 is 10.1 Å². The quantitative estimate of drug-likeness (QED) is 0.533. The van der Waals surface area contributed by atoms with E-state index in [2.05, 4.69) is 24.1 Å². The van der Waals surface area contributed by atoms with Crippen LogP contribution in [0.1, 0.15) is 47.0 Å². The van der Waals surface area contributed by atoms with Gasteiger partial charge in [0.1, 0.15) is 11.4 Å². The molecule has 1 aromatic carbocycles. The zero-order valence-corrected chi connectivity index (χ0v) is 18.5. The predicted molar refractivity (Wildman–Crippen MR) is 117 cm³/mol. The van der Waals surface area contributed by atoms with Crippen molar-refractivity contribution in [1.29, 1.82) is 0 Å². The van der Waals surface area contributed by atoms with E-state index in [-0.39, 0.29) is 5.91 Å². The van der Waals surface area contributed by atoms with E-state index in [4.69, 9.17) is 14.2 Å². The van der Waals surface area contributed by atoms with Crippen molar-refractivity contribution in [3.05, 3.63) is 24.3 Å². The number of nitrogens with zero attached hydrogens (tertiary/aromatic N) is 1. The number of benzene rings is 1. The van der Waals surface area contributed by atoms with E-state index in [0.717, 1.165) is 57.1 Å². The van der Waals surface area contributed by atoms with Crippen LogP contribution in [0.4, 0.5) is 5.69 Å². The SMILES string of the molecule is CCCO[C@](C)(CC(C)C)C(=O)Nc1ccc(OCCCN2CCOCC2)cc1. The third kappa shape index (κ3) is 8.33. The largest absolute Gasteiger partial charge is 0.494 e. The molecule has 1 atom stereocenters. The monoisotopic (exact) mass is 406 g/mol. The summed E-state index contributed by atoms with van der Waals surface area (Å²) in [6.07, 6.45) is 2.56. The fourth-order valence-electron chi connectivity index (χ4n) is 3.52. The van der Waals surface area contributed by atoms with Crippen molar-refractivity contribution >= 4 is 11.6 Å². The van der Waals surface area contributed by atoms with E-state index in [1.54, 1.807) is 0 Å². The standard InChI is InChI=1S/C23H38N2O4/c1-5-14-29-23(4,18-19(2)3)22(26)24-20-7-9-21(10-8-20)28-15-6-11-25-12-16-27-17-13-25/h7-10,19H,5-6,11-18H2,1-4H3,(H,24,26)/t23-/m1/s1. The fourth-order valence-corrected chi connectivity index (χ4v) is 3.52. The highest BCUT2D eigenvalue weighted by Gasteiger charge is 2.34. The van der Waals surface area contributed by atoms with Gasteiger partial charge in [-0.1, -0.05) is 20.8 Å². The van der Waals surface area contributed by atoms with Crippen LogP contribution in [0, 0.1) is 5.92 Å². The van der Waals surface area contributed by atoms with E-state index >= 15 is 0 Å². The molecule has 6 nitrogen and oxygen atoms in total. The number of nitrogens with one attached hydrogen (secondary N) is 1. The molecule has 1 fully saturated rings. The molecule has 1 amide bonds. The Morgan fingerprint density at radius 2 is 1.90 bits per heavy atom. The molecule has 29 heavy (non-hydrogen) atoms. The van der Waals surface area contributed by atoms with E-state index < -0.39 is 5.60 Å². The van der Waals surface area contributed by atoms with E-state index in [9.17, 15) is 4.79 Å². The number of ether oxygens (including phenoxy) is 3. The first-order valence-corrected chi connectivity index (χ1v) is 10.9. The summed E-state index contributed by atoms with van der Waals surface area (Å²) in [6, 6.07) is 7.56.